The van der Waals surface area contributed by atoms with Crippen LogP contribution in [0.3, 0.4) is 0 Å². The second-order valence-corrected chi connectivity index (χ2v) is 2.46. The van der Waals surface area contributed by atoms with Gasteiger partial charge in [0.05, 0.1) is 0 Å². The van der Waals surface area contributed by atoms with E-state index in [1.54, 1.807) is 0 Å². The average molecular weight is 202 g/mol. The van der Waals surface area contributed by atoms with E-state index in [0.717, 1.165) is 6.08 Å². The molecule has 5 heteroatoms. The molecule has 1 N–H and O–H groups in total. The summed E-state index contributed by atoms with van der Waals surface area (Å²) in [5.74, 6) is -4.85. The quantitative estimate of drug-likeness (QED) is 0.589. The molecule has 1 aromatic rings. The molecule has 0 heterocycles. The van der Waals surface area contributed by atoms with Crippen LogP contribution in [0.25, 0.3) is 6.08 Å². The van der Waals surface area contributed by atoms with Crippen molar-refractivity contribution in [1.82, 2.24) is 0 Å². The van der Waals surface area contributed by atoms with Gasteiger partial charge in [-0.25, -0.2) is 18.0 Å². The average Bonchev–Trinajstić information content (AvgIpc) is 2.09. The van der Waals surface area contributed by atoms with Crippen molar-refractivity contribution in [3.63, 3.8) is 0 Å². The van der Waals surface area contributed by atoms with Crippen molar-refractivity contribution in [3.05, 3.63) is 41.2 Å². The van der Waals surface area contributed by atoms with Crippen LogP contribution in [0.1, 0.15) is 5.56 Å². The van der Waals surface area contributed by atoms with Crippen LogP contribution in [0.15, 0.2) is 18.2 Å². The standard InChI is InChI=1S/C9H5F3O2/c10-6-4-8(12)7(11)3-5(6)1-2-9(13)14/h1-4H,(H,13,14)/b2-1+. The molecule has 1 rings (SSSR count). The molecule has 1 aromatic carbocycles. The lowest BCUT2D eigenvalue weighted by atomic mass is 10.2. The molecule has 0 aliphatic rings. The lowest BCUT2D eigenvalue weighted by Gasteiger charge is -1.97. The smallest absolute Gasteiger partial charge is 0.328 e. The Kier molecular flexibility index (Phi) is 2.91. The van der Waals surface area contributed by atoms with Crippen molar-refractivity contribution >= 4 is 12.0 Å². The highest BCUT2D eigenvalue weighted by Crippen LogP contribution is 2.14. The van der Waals surface area contributed by atoms with Gasteiger partial charge in [0.25, 0.3) is 0 Å². The molecule has 0 saturated carbocycles. The van der Waals surface area contributed by atoms with Gasteiger partial charge in [0, 0.05) is 17.7 Å². The fourth-order valence-corrected chi connectivity index (χ4v) is 0.827. The van der Waals surface area contributed by atoms with E-state index in [1.165, 1.54) is 0 Å². The number of benzene rings is 1. The molecule has 74 valence electrons. The lowest BCUT2D eigenvalue weighted by Crippen LogP contribution is -1.92. The molecular formula is C9H5F3O2. The van der Waals surface area contributed by atoms with E-state index in [4.69, 9.17) is 5.11 Å². The first-order valence-corrected chi connectivity index (χ1v) is 3.56. The third-order valence-electron chi connectivity index (χ3n) is 1.45. The lowest BCUT2D eigenvalue weighted by molar-refractivity contribution is -0.131. The molecule has 0 spiro atoms. The van der Waals surface area contributed by atoms with Crippen LogP contribution >= 0.6 is 0 Å². The Balaban J connectivity index is 3.10. The molecule has 2 nitrogen and oxygen atoms in total. The molecule has 0 amide bonds. The zero-order chi connectivity index (χ0) is 10.7. The van der Waals surface area contributed by atoms with Gasteiger partial charge in [0.1, 0.15) is 5.82 Å². The van der Waals surface area contributed by atoms with E-state index in [2.05, 4.69) is 0 Å². The normalized spacial score (nSPS) is 10.8. The molecule has 0 aromatic heterocycles. The summed E-state index contributed by atoms with van der Waals surface area (Å²) in [6, 6.07) is 0.945. The summed E-state index contributed by atoms with van der Waals surface area (Å²) in [7, 11) is 0. The number of halogens is 3. The van der Waals surface area contributed by atoms with Crippen LogP contribution in [0, 0.1) is 17.5 Å². The van der Waals surface area contributed by atoms with Crippen LogP contribution in [-0.2, 0) is 4.79 Å². The maximum absolute atomic E-state index is 12.8. The molecule has 0 aliphatic heterocycles. The van der Waals surface area contributed by atoms with Gasteiger partial charge in [-0.2, -0.15) is 0 Å². The minimum Gasteiger partial charge on any atom is -0.478 e. The summed E-state index contributed by atoms with van der Waals surface area (Å²) in [5, 5.41) is 8.21. The van der Waals surface area contributed by atoms with Crippen LogP contribution < -0.4 is 0 Å². The molecule has 0 radical (unpaired) electrons. The SMILES string of the molecule is O=C(O)/C=C/c1cc(F)c(F)cc1F. The second kappa shape index (κ2) is 3.95. The van der Waals surface area contributed by atoms with Crippen molar-refractivity contribution in [1.29, 1.82) is 0 Å². The molecule has 0 unspecified atom stereocenters. The zero-order valence-electron chi connectivity index (χ0n) is 6.80. The van der Waals surface area contributed by atoms with Crippen molar-refractivity contribution in [2.24, 2.45) is 0 Å². The summed E-state index contributed by atoms with van der Waals surface area (Å²) in [6.45, 7) is 0. The highest BCUT2D eigenvalue weighted by Gasteiger charge is 2.07. The van der Waals surface area contributed by atoms with Gasteiger partial charge in [-0.3, -0.25) is 0 Å². The van der Waals surface area contributed by atoms with E-state index >= 15 is 0 Å². The summed E-state index contributed by atoms with van der Waals surface area (Å²) in [5.41, 5.74) is -0.314. The Labute approximate surface area is 77.3 Å². The van der Waals surface area contributed by atoms with E-state index in [0.29, 0.717) is 18.2 Å². The van der Waals surface area contributed by atoms with Crippen molar-refractivity contribution in [2.75, 3.05) is 0 Å². The first-order valence-electron chi connectivity index (χ1n) is 3.56. The Morgan fingerprint density at radius 3 is 2.29 bits per heavy atom. The van der Waals surface area contributed by atoms with Crippen LogP contribution in [-0.4, -0.2) is 11.1 Å². The molecule has 0 saturated heterocycles. The van der Waals surface area contributed by atoms with Gasteiger partial charge >= 0.3 is 5.97 Å². The Bertz CT molecular complexity index is 399. The molecule has 14 heavy (non-hydrogen) atoms. The number of hydrogen-bond acceptors (Lipinski definition) is 1. The Morgan fingerprint density at radius 2 is 1.71 bits per heavy atom. The first kappa shape index (κ1) is 10.3. The monoisotopic (exact) mass is 202 g/mol. The fraction of sp³-hybridized carbons (Fsp3) is 0. The minimum absolute atomic E-state index is 0.314. The van der Waals surface area contributed by atoms with E-state index in [9.17, 15) is 18.0 Å². The third kappa shape index (κ3) is 2.35. The number of hydrogen-bond donors (Lipinski definition) is 1. The molecule has 0 atom stereocenters. The second-order valence-electron chi connectivity index (χ2n) is 2.46. The summed E-state index contributed by atoms with van der Waals surface area (Å²) >= 11 is 0. The van der Waals surface area contributed by atoms with Gasteiger partial charge in [-0.05, 0) is 12.1 Å². The maximum Gasteiger partial charge on any atom is 0.328 e. The topological polar surface area (TPSA) is 37.3 Å². The maximum atomic E-state index is 12.8. The van der Waals surface area contributed by atoms with Gasteiger partial charge in [-0.1, -0.05) is 0 Å². The molecular weight excluding hydrogens is 197 g/mol. The fourth-order valence-electron chi connectivity index (χ4n) is 0.827. The van der Waals surface area contributed by atoms with Crippen LogP contribution in [0.2, 0.25) is 0 Å². The number of carboxylic acid groups (broad SMARTS) is 1. The summed E-state index contributed by atoms with van der Waals surface area (Å²) in [4.78, 5) is 10.1. The summed E-state index contributed by atoms with van der Waals surface area (Å²) in [6.07, 6.45) is 1.48. The minimum atomic E-state index is -1.31. The van der Waals surface area contributed by atoms with Crippen molar-refractivity contribution in [3.8, 4) is 0 Å². The van der Waals surface area contributed by atoms with Crippen molar-refractivity contribution in [2.45, 2.75) is 0 Å². The highest BCUT2D eigenvalue weighted by molar-refractivity contribution is 5.85. The zero-order valence-corrected chi connectivity index (χ0v) is 6.80. The van der Waals surface area contributed by atoms with Crippen molar-refractivity contribution < 1.29 is 23.1 Å². The number of carboxylic acids is 1. The molecule has 0 aliphatic carbocycles. The van der Waals surface area contributed by atoms with E-state index in [1.807, 2.05) is 0 Å². The largest absolute Gasteiger partial charge is 0.478 e. The first-order chi connectivity index (χ1) is 6.50. The number of rotatable bonds is 2. The van der Waals surface area contributed by atoms with Gasteiger partial charge in [-0.15, -0.1) is 0 Å². The van der Waals surface area contributed by atoms with E-state index in [-0.39, 0.29) is 5.56 Å². The third-order valence-corrected chi connectivity index (χ3v) is 1.45. The molecule has 0 bridgehead atoms. The Hall–Kier alpha value is -1.78. The predicted octanol–water partition coefficient (Wildman–Crippen LogP) is 2.20. The van der Waals surface area contributed by atoms with Crippen LogP contribution in [0.5, 0.6) is 0 Å². The van der Waals surface area contributed by atoms with Gasteiger partial charge in [0.15, 0.2) is 11.6 Å². The van der Waals surface area contributed by atoms with Gasteiger partial charge in [0.2, 0.25) is 0 Å². The number of aliphatic carboxylic acids is 1. The Morgan fingerprint density at radius 1 is 1.14 bits per heavy atom. The van der Waals surface area contributed by atoms with Gasteiger partial charge < -0.3 is 5.11 Å². The van der Waals surface area contributed by atoms with Crippen LogP contribution in [0.4, 0.5) is 13.2 Å². The highest BCUT2D eigenvalue weighted by atomic mass is 19.2. The summed E-state index contributed by atoms with van der Waals surface area (Å²) < 4.78 is 37.8. The number of carbonyl (C=O) groups is 1. The molecule has 0 fully saturated rings. The van der Waals surface area contributed by atoms with E-state index < -0.39 is 23.4 Å². The predicted molar refractivity (Wildman–Crippen MR) is 43.0 cm³/mol.